The highest BCUT2D eigenvalue weighted by Gasteiger charge is 2.19. The van der Waals surface area contributed by atoms with Crippen molar-refractivity contribution in [3.05, 3.63) is 58.1 Å². The van der Waals surface area contributed by atoms with Crippen molar-refractivity contribution in [3.63, 3.8) is 0 Å². The zero-order valence-corrected chi connectivity index (χ0v) is 10.5. The molecule has 0 spiro atoms. The zero-order chi connectivity index (χ0) is 13.3. The Balaban J connectivity index is 2.37. The lowest BCUT2D eigenvalue weighted by molar-refractivity contribution is 0.599. The van der Waals surface area contributed by atoms with E-state index in [4.69, 9.17) is 23.2 Å². The van der Waals surface area contributed by atoms with Crippen LogP contribution in [0.4, 0.5) is 8.78 Å². The fraction of sp³-hybridized carbons (Fsp3) is 0. The second-order valence-electron chi connectivity index (χ2n) is 3.75. The SMILES string of the molecule is OB(c1ccc(F)c(Cl)c1)c1ccc(F)c(Cl)c1. The average molecular weight is 287 g/mol. The van der Waals surface area contributed by atoms with E-state index in [0.717, 1.165) is 12.1 Å². The molecule has 0 aliphatic heterocycles. The quantitative estimate of drug-likeness (QED) is 0.841. The van der Waals surface area contributed by atoms with Crippen LogP contribution in [-0.4, -0.2) is 11.9 Å². The van der Waals surface area contributed by atoms with Gasteiger partial charge in [0.2, 0.25) is 0 Å². The van der Waals surface area contributed by atoms with Crippen LogP contribution in [-0.2, 0) is 0 Å². The van der Waals surface area contributed by atoms with Crippen molar-refractivity contribution in [2.24, 2.45) is 0 Å². The van der Waals surface area contributed by atoms with Gasteiger partial charge in [-0.05, 0) is 35.2 Å². The van der Waals surface area contributed by atoms with Crippen LogP contribution < -0.4 is 10.9 Å². The average Bonchev–Trinajstić information content (AvgIpc) is 2.35. The van der Waals surface area contributed by atoms with Gasteiger partial charge in [-0.2, -0.15) is 0 Å². The first kappa shape index (κ1) is 13.3. The molecule has 18 heavy (non-hydrogen) atoms. The summed E-state index contributed by atoms with van der Waals surface area (Å²) in [6.45, 7) is -1.04. The highest BCUT2D eigenvalue weighted by Crippen LogP contribution is 2.13. The Morgan fingerprint density at radius 2 is 1.22 bits per heavy atom. The van der Waals surface area contributed by atoms with Crippen LogP contribution in [0.5, 0.6) is 0 Å². The second kappa shape index (κ2) is 5.27. The van der Waals surface area contributed by atoms with Crippen LogP contribution in [0.25, 0.3) is 0 Å². The lowest BCUT2D eigenvalue weighted by Gasteiger charge is -2.08. The number of hydrogen-bond acceptors (Lipinski definition) is 1. The van der Waals surface area contributed by atoms with Gasteiger partial charge in [-0.3, -0.25) is 0 Å². The van der Waals surface area contributed by atoms with Crippen molar-refractivity contribution in [1.82, 2.24) is 0 Å². The standard InChI is InChI=1S/C12H7BCl2F2O/c14-9-5-7(1-3-11(9)16)13(18)8-2-4-12(17)10(15)6-8/h1-6,18H. The van der Waals surface area contributed by atoms with E-state index < -0.39 is 18.6 Å². The van der Waals surface area contributed by atoms with Crippen LogP contribution in [0.1, 0.15) is 0 Å². The van der Waals surface area contributed by atoms with E-state index in [2.05, 4.69) is 0 Å². The maximum Gasteiger partial charge on any atom is 0.359 e. The number of halogens is 4. The number of rotatable bonds is 2. The molecule has 1 N–H and O–H groups in total. The molecule has 2 aromatic rings. The molecular weight excluding hydrogens is 280 g/mol. The number of benzene rings is 2. The lowest BCUT2D eigenvalue weighted by Crippen LogP contribution is -2.42. The molecule has 0 bridgehead atoms. The van der Waals surface area contributed by atoms with E-state index in [1.54, 1.807) is 0 Å². The molecule has 6 heteroatoms. The summed E-state index contributed by atoms with van der Waals surface area (Å²) in [5.41, 5.74) is 0.813. The van der Waals surface area contributed by atoms with Gasteiger partial charge in [-0.1, -0.05) is 35.3 Å². The van der Waals surface area contributed by atoms with Crippen molar-refractivity contribution < 1.29 is 13.8 Å². The summed E-state index contributed by atoms with van der Waals surface area (Å²) in [6.07, 6.45) is 0. The van der Waals surface area contributed by atoms with E-state index in [9.17, 15) is 13.8 Å². The van der Waals surface area contributed by atoms with Crippen molar-refractivity contribution >= 4 is 41.0 Å². The second-order valence-corrected chi connectivity index (χ2v) is 4.56. The third kappa shape index (κ3) is 2.66. The van der Waals surface area contributed by atoms with E-state index in [-0.39, 0.29) is 10.0 Å². The molecule has 0 saturated heterocycles. The topological polar surface area (TPSA) is 20.2 Å². The lowest BCUT2D eigenvalue weighted by atomic mass is 9.56. The maximum absolute atomic E-state index is 13.0. The summed E-state index contributed by atoms with van der Waals surface area (Å²) >= 11 is 11.3. The molecule has 0 atom stereocenters. The van der Waals surface area contributed by atoms with Gasteiger partial charge in [-0.25, -0.2) is 8.78 Å². The summed E-state index contributed by atoms with van der Waals surface area (Å²) in [5, 5.41) is 9.89. The van der Waals surface area contributed by atoms with Gasteiger partial charge in [0.15, 0.2) is 0 Å². The van der Waals surface area contributed by atoms with Crippen LogP contribution in [0.3, 0.4) is 0 Å². The highest BCUT2D eigenvalue weighted by atomic mass is 35.5. The molecule has 2 rings (SSSR count). The summed E-state index contributed by atoms with van der Waals surface area (Å²) < 4.78 is 26.0. The summed E-state index contributed by atoms with van der Waals surface area (Å²) in [4.78, 5) is 0. The predicted octanol–water partition coefficient (Wildman–Crippen LogP) is 2.37. The molecular formula is C12H7BCl2F2O. The first-order valence-corrected chi connectivity index (χ1v) is 5.82. The normalized spacial score (nSPS) is 10.5. The monoisotopic (exact) mass is 286 g/mol. The molecule has 0 heterocycles. The minimum Gasteiger partial charge on any atom is -0.443 e. The van der Waals surface area contributed by atoms with Gasteiger partial charge in [0, 0.05) is 0 Å². The molecule has 0 fully saturated rings. The summed E-state index contributed by atoms with van der Waals surface area (Å²) in [6, 6.07) is 7.77. The third-order valence-electron chi connectivity index (χ3n) is 2.52. The molecule has 2 aromatic carbocycles. The molecule has 0 radical (unpaired) electrons. The Morgan fingerprint density at radius 1 is 0.833 bits per heavy atom. The fourth-order valence-electron chi connectivity index (χ4n) is 1.56. The Labute approximate surface area is 113 Å². The molecule has 0 aromatic heterocycles. The van der Waals surface area contributed by atoms with Crippen LogP contribution >= 0.6 is 23.2 Å². The molecule has 0 aliphatic carbocycles. The summed E-state index contributed by atoms with van der Waals surface area (Å²) in [7, 11) is 0. The van der Waals surface area contributed by atoms with Crippen LogP contribution in [0.15, 0.2) is 36.4 Å². The van der Waals surface area contributed by atoms with Crippen molar-refractivity contribution in [1.29, 1.82) is 0 Å². The molecule has 0 unspecified atom stereocenters. The van der Waals surface area contributed by atoms with Crippen molar-refractivity contribution in [2.75, 3.05) is 0 Å². The third-order valence-corrected chi connectivity index (χ3v) is 3.10. The fourth-order valence-corrected chi connectivity index (χ4v) is 1.94. The zero-order valence-electron chi connectivity index (χ0n) is 9.00. The van der Waals surface area contributed by atoms with Gasteiger partial charge < -0.3 is 5.02 Å². The molecule has 0 aliphatic rings. The van der Waals surface area contributed by atoms with Gasteiger partial charge in [0.25, 0.3) is 0 Å². The Hall–Kier alpha value is -1.10. The predicted molar refractivity (Wildman–Crippen MR) is 70.1 cm³/mol. The molecule has 92 valence electrons. The van der Waals surface area contributed by atoms with Crippen LogP contribution in [0, 0.1) is 11.6 Å². The first-order chi connectivity index (χ1) is 8.49. The first-order valence-electron chi connectivity index (χ1n) is 5.07. The van der Waals surface area contributed by atoms with Crippen molar-refractivity contribution in [3.8, 4) is 0 Å². The Bertz CT molecular complexity index is 541. The Morgan fingerprint density at radius 3 is 1.56 bits per heavy atom. The van der Waals surface area contributed by atoms with E-state index in [1.807, 2.05) is 0 Å². The molecule has 1 nitrogen and oxygen atoms in total. The van der Waals surface area contributed by atoms with Gasteiger partial charge in [0.1, 0.15) is 11.6 Å². The van der Waals surface area contributed by atoms with E-state index in [1.165, 1.54) is 24.3 Å². The Kier molecular flexibility index (Phi) is 3.90. The largest absolute Gasteiger partial charge is 0.443 e. The molecule has 0 saturated carbocycles. The maximum atomic E-state index is 13.0. The minimum atomic E-state index is -1.04. The van der Waals surface area contributed by atoms with E-state index in [0.29, 0.717) is 10.9 Å². The highest BCUT2D eigenvalue weighted by molar-refractivity contribution is 6.79. The smallest absolute Gasteiger partial charge is 0.359 e. The number of hydrogen-bond donors (Lipinski definition) is 1. The van der Waals surface area contributed by atoms with Gasteiger partial charge >= 0.3 is 6.92 Å². The van der Waals surface area contributed by atoms with Crippen LogP contribution in [0.2, 0.25) is 10.0 Å². The van der Waals surface area contributed by atoms with Gasteiger partial charge in [-0.15, -0.1) is 0 Å². The molecule has 0 amide bonds. The summed E-state index contributed by atoms with van der Waals surface area (Å²) in [5.74, 6) is -1.13. The van der Waals surface area contributed by atoms with Crippen molar-refractivity contribution in [2.45, 2.75) is 0 Å². The minimum absolute atomic E-state index is 0.0836. The van der Waals surface area contributed by atoms with Gasteiger partial charge in [0.05, 0.1) is 10.0 Å². The van der Waals surface area contributed by atoms with E-state index >= 15 is 0 Å².